The first kappa shape index (κ1) is 8.46. The molecule has 0 spiro atoms. The van der Waals surface area contributed by atoms with Crippen LogP contribution in [0.1, 0.15) is 0 Å². The summed E-state index contributed by atoms with van der Waals surface area (Å²) in [6, 6.07) is 7.69. The standard InChI is InChI=1S/C7H5F3S/c8-7(9,10)11-6-4-2-1-3-5-6/h1-5H/i7-1. The lowest BCUT2D eigenvalue weighted by molar-refractivity contribution is -0.0328. The van der Waals surface area contributed by atoms with Crippen LogP contribution in [-0.4, -0.2) is 5.51 Å². The van der Waals surface area contributed by atoms with Crippen molar-refractivity contribution in [3.63, 3.8) is 0 Å². The molecule has 0 aliphatic heterocycles. The van der Waals surface area contributed by atoms with Crippen LogP contribution in [0.3, 0.4) is 0 Å². The third kappa shape index (κ3) is 3.32. The highest BCUT2D eigenvalue weighted by Gasteiger charge is 2.28. The largest absolute Gasteiger partial charge is 0.446 e. The lowest BCUT2D eigenvalue weighted by Gasteiger charge is -2.03. The Labute approximate surface area is 66.4 Å². The van der Waals surface area contributed by atoms with Crippen LogP contribution in [0.2, 0.25) is 0 Å². The Morgan fingerprint density at radius 1 is 1.00 bits per heavy atom. The van der Waals surface area contributed by atoms with Gasteiger partial charge in [0.15, 0.2) is 0 Å². The molecule has 0 aliphatic rings. The highest BCUT2D eigenvalue weighted by molar-refractivity contribution is 8.00. The van der Waals surface area contributed by atoms with Gasteiger partial charge < -0.3 is 0 Å². The fraction of sp³-hybridized carbons (Fsp3) is 0.143. The average molecular weight is 177 g/mol. The molecule has 1 aromatic carbocycles. The van der Waals surface area contributed by atoms with Crippen molar-refractivity contribution >= 4 is 11.8 Å². The van der Waals surface area contributed by atoms with Crippen molar-refractivity contribution in [1.82, 2.24) is 0 Å². The first-order valence-corrected chi connectivity index (χ1v) is 3.70. The van der Waals surface area contributed by atoms with E-state index in [0.29, 0.717) is 0 Å². The number of halogens is 3. The lowest BCUT2D eigenvalue weighted by atomic mass is 10.4. The second-order valence-electron chi connectivity index (χ2n) is 1.86. The van der Waals surface area contributed by atoms with Crippen LogP contribution >= 0.6 is 11.8 Å². The predicted octanol–water partition coefficient (Wildman–Crippen LogP) is 3.30. The summed E-state index contributed by atoms with van der Waals surface area (Å²) in [6.45, 7) is 0. The Balaban J connectivity index is 2.66. The number of hydrogen-bond donors (Lipinski definition) is 0. The smallest absolute Gasteiger partial charge is 0.160 e. The molecule has 1 rings (SSSR count). The number of alkyl halides is 3. The molecule has 0 radical (unpaired) electrons. The zero-order valence-electron chi connectivity index (χ0n) is 5.43. The first-order chi connectivity index (χ1) is 5.08. The molecule has 0 heterocycles. The summed E-state index contributed by atoms with van der Waals surface area (Å²) >= 11 is -0.0993. The predicted molar refractivity (Wildman–Crippen MR) is 38.4 cm³/mol. The minimum absolute atomic E-state index is 0.0993. The SMILES string of the molecule is F[11C](F)(F)Sc1ccccc1. The zero-order chi connectivity index (χ0) is 8.32. The lowest BCUT2D eigenvalue weighted by Crippen LogP contribution is -1.98. The third-order valence-corrected chi connectivity index (χ3v) is 1.72. The Hall–Kier alpha value is -0.640. The van der Waals surface area contributed by atoms with E-state index in [-0.39, 0.29) is 16.7 Å². The van der Waals surface area contributed by atoms with Gasteiger partial charge in [-0.25, -0.2) is 0 Å². The van der Waals surface area contributed by atoms with E-state index in [2.05, 4.69) is 0 Å². The van der Waals surface area contributed by atoms with Gasteiger partial charge >= 0.3 is 5.51 Å². The van der Waals surface area contributed by atoms with Crippen LogP contribution in [-0.2, 0) is 0 Å². The monoisotopic (exact) mass is 177 g/mol. The van der Waals surface area contributed by atoms with E-state index in [1.54, 1.807) is 18.2 Å². The normalized spacial score (nSPS) is 11.5. The van der Waals surface area contributed by atoms with Gasteiger partial charge in [-0.1, -0.05) is 18.2 Å². The van der Waals surface area contributed by atoms with Crippen molar-refractivity contribution in [2.24, 2.45) is 0 Å². The quantitative estimate of drug-likeness (QED) is 0.593. The minimum Gasteiger partial charge on any atom is -0.160 e. The maximum absolute atomic E-state index is 11.7. The van der Waals surface area contributed by atoms with Gasteiger partial charge in [0.25, 0.3) is 0 Å². The summed E-state index contributed by atoms with van der Waals surface area (Å²) in [7, 11) is 0. The van der Waals surface area contributed by atoms with E-state index in [1.807, 2.05) is 0 Å². The van der Waals surface area contributed by atoms with E-state index in [4.69, 9.17) is 0 Å². The van der Waals surface area contributed by atoms with Crippen LogP contribution in [0.15, 0.2) is 35.2 Å². The van der Waals surface area contributed by atoms with Crippen molar-refractivity contribution in [3.05, 3.63) is 30.3 Å². The van der Waals surface area contributed by atoms with Gasteiger partial charge in [0.05, 0.1) is 0 Å². The maximum Gasteiger partial charge on any atom is 0.446 e. The average Bonchev–Trinajstić information content (AvgIpc) is 1.85. The fourth-order valence-electron chi connectivity index (χ4n) is 0.622. The van der Waals surface area contributed by atoms with E-state index >= 15 is 0 Å². The number of benzene rings is 1. The van der Waals surface area contributed by atoms with Crippen LogP contribution in [0, 0.1) is 0 Å². The maximum atomic E-state index is 11.7. The molecular weight excluding hydrogens is 172 g/mol. The summed E-state index contributed by atoms with van der Waals surface area (Å²) < 4.78 is 35.1. The minimum atomic E-state index is -4.18. The van der Waals surface area contributed by atoms with Crippen LogP contribution < -0.4 is 0 Å². The van der Waals surface area contributed by atoms with Crippen molar-refractivity contribution < 1.29 is 13.2 Å². The molecule has 0 aromatic heterocycles. The van der Waals surface area contributed by atoms with E-state index in [0.717, 1.165) is 0 Å². The van der Waals surface area contributed by atoms with Crippen molar-refractivity contribution in [2.45, 2.75) is 10.4 Å². The summed E-state index contributed by atoms with van der Waals surface area (Å²) in [4.78, 5) is 0.222. The van der Waals surface area contributed by atoms with Gasteiger partial charge in [0.2, 0.25) is 0 Å². The highest BCUT2D eigenvalue weighted by atomic mass is 32.2. The van der Waals surface area contributed by atoms with E-state index < -0.39 is 5.51 Å². The molecule has 0 N–H and O–H groups in total. The molecule has 0 atom stereocenters. The molecule has 60 valence electrons. The first-order valence-electron chi connectivity index (χ1n) is 2.89. The molecule has 0 aliphatic carbocycles. The second-order valence-corrected chi connectivity index (χ2v) is 3.00. The van der Waals surface area contributed by atoms with Crippen molar-refractivity contribution in [1.29, 1.82) is 0 Å². The van der Waals surface area contributed by atoms with E-state index in [1.165, 1.54) is 12.1 Å². The van der Waals surface area contributed by atoms with Gasteiger partial charge in [-0.3, -0.25) is 0 Å². The van der Waals surface area contributed by atoms with E-state index in [9.17, 15) is 13.2 Å². The fourth-order valence-corrected chi connectivity index (χ4v) is 1.18. The number of thioether (sulfide) groups is 1. The molecule has 0 amide bonds. The summed E-state index contributed by atoms with van der Waals surface area (Å²) in [5, 5.41) is 0. The van der Waals surface area contributed by atoms with Crippen LogP contribution in [0.5, 0.6) is 0 Å². The van der Waals surface area contributed by atoms with Gasteiger partial charge in [-0.05, 0) is 23.9 Å². The van der Waals surface area contributed by atoms with Crippen LogP contribution in [0.25, 0.3) is 0 Å². The zero-order valence-corrected chi connectivity index (χ0v) is 6.25. The number of hydrogen-bond acceptors (Lipinski definition) is 1. The molecule has 0 saturated heterocycles. The Kier molecular flexibility index (Phi) is 2.44. The molecule has 4 heteroatoms. The van der Waals surface area contributed by atoms with Crippen LogP contribution in [0.4, 0.5) is 13.2 Å². The third-order valence-electron chi connectivity index (χ3n) is 0.977. The molecule has 0 saturated carbocycles. The summed E-state index contributed by atoms with van der Waals surface area (Å²) in [5.74, 6) is 0. The Bertz CT molecular complexity index is 217. The van der Waals surface area contributed by atoms with Gasteiger partial charge in [0, 0.05) is 4.90 Å². The Morgan fingerprint density at radius 2 is 1.55 bits per heavy atom. The second kappa shape index (κ2) is 3.17. The molecule has 1 aromatic rings. The Morgan fingerprint density at radius 3 is 2.00 bits per heavy atom. The molecule has 0 unspecified atom stereocenters. The summed E-state index contributed by atoms with van der Waals surface area (Å²) in [5.41, 5.74) is -4.18. The van der Waals surface area contributed by atoms with Gasteiger partial charge in [-0.15, -0.1) is 0 Å². The topological polar surface area (TPSA) is 0 Å². The van der Waals surface area contributed by atoms with Gasteiger partial charge in [0.1, 0.15) is 0 Å². The molecule has 0 fully saturated rings. The molecule has 0 nitrogen and oxygen atoms in total. The molecule has 0 bridgehead atoms. The van der Waals surface area contributed by atoms with Gasteiger partial charge in [-0.2, -0.15) is 13.2 Å². The van der Waals surface area contributed by atoms with Crippen molar-refractivity contribution in [2.75, 3.05) is 0 Å². The summed E-state index contributed by atoms with van der Waals surface area (Å²) in [6.07, 6.45) is 0. The number of rotatable bonds is 1. The highest BCUT2D eigenvalue weighted by Crippen LogP contribution is 2.36. The molecule has 11 heavy (non-hydrogen) atoms. The molecular formula is C7H5F3S. The van der Waals surface area contributed by atoms with Crippen molar-refractivity contribution in [3.8, 4) is 0 Å².